The largest absolute Gasteiger partial charge is 0.487 e. The van der Waals surface area contributed by atoms with Crippen LogP contribution in [0.4, 0.5) is 5.82 Å². The molecule has 0 fully saturated rings. The van der Waals surface area contributed by atoms with E-state index in [1.807, 2.05) is 18.2 Å². The first-order valence-electron chi connectivity index (χ1n) is 4.93. The fraction of sp³-hybridized carbons (Fsp3) is 0.0909. The first-order chi connectivity index (χ1) is 8.29. The van der Waals surface area contributed by atoms with E-state index in [0.29, 0.717) is 18.2 Å². The number of anilines is 1. The highest BCUT2D eigenvalue weighted by Crippen LogP contribution is 2.18. The Morgan fingerprint density at radius 3 is 3.06 bits per heavy atom. The van der Waals surface area contributed by atoms with Crippen molar-refractivity contribution in [1.82, 2.24) is 9.97 Å². The van der Waals surface area contributed by atoms with Gasteiger partial charge in [0.25, 0.3) is 0 Å². The molecular weight excluding hydrogens is 284 g/mol. The maximum atomic E-state index is 5.59. The Bertz CT molecular complexity index is 506. The molecule has 0 unspecified atom stereocenters. The van der Waals surface area contributed by atoms with Crippen molar-refractivity contribution >= 4 is 21.7 Å². The van der Waals surface area contributed by atoms with E-state index < -0.39 is 0 Å². The lowest BCUT2D eigenvalue weighted by Gasteiger charge is -2.09. The highest BCUT2D eigenvalue weighted by atomic mass is 79.9. The number of nitrogen functional groups attached to an aromatic ring is 1. The minimum atomic E-state index is 0.380. The highest BCUT2D eigenvalue weighted by Gasteiger charge is 2.03. The summed E-state index contributed by atoms with van der Waals surface area (Å²) in [6.45, 7) is 0.380. The molecule has 0 bridgehead atoms. The van der Waals surface area contributed by atoms with Crippen molar-refractivity contribution < 1.29 is 4.74 Å². The highest BCUT2D eigenvalue weighted by molar-refractivity contribution is 9.10. The van der Waals surface area contributed by atoms with Crippen LogP contribution in [0.2, 0.25) is 0 Å². The van der Waals surface area contributed by atoms with E-state index >= 15 is 0 Å². The van der Waals surface area contributed by atoms with Crippen molar-refractivity contribution in [3.05, 3.63) is 46.8 Å². The molecule has 0 spiro atoms. The Labute approximate surface area is 107 Å². The van der Waals surface area contributed by atoms with E-state index in [1.165, 1.54) is 0 Å². The van der Waals surface area contributed by atoms with Crippen molar-refractivity contribution in [1.29, 1.82) is 0 Å². The van der Waals surface area contributed by atoms with Crippen molar-refractivity contribution in [2.45, 2.75) is 6.61 Å². The maximum absolute atomic E-state index is 5.59. The molecule has 0 atom stereocenters. The summed E-state index contributed by atoms with van der Waals surface area (Å²) in [4.78, 5) is 8.10. The first kappa shape index (κ1) is 11.8. The van der Waals surface area contributed by atoms with Gasteiger partial charge >= 0.3 is 0 Å². The Morgan fingerprint density at radius 1 is 1.41 bits per heavy atom. The summed E-state index contributed by atoms with van der Waals surface area (Å²) in [5, 5.41) is 0. The number of nitrogens with two attached hydrogens (primary N) is 1. The molecule has 0 aliphatic rings. The standard InChI is InChI=1S/C11H11BrN4O/c12-9-4-10(6-14-5-9)17-7-8-2-1-3-15-11(8)16-13/h1-6H,7,13H2,(H,15,16). The van der Waals surface area contributed by atoms with Crippen LogP contribution in [0, 0.1) is 0 Å². The van der Waals surface area contributed by atoms with Crippen molar-refractivity contribution in [2.75, 3.05) is 5.43 Å². The molecule has 0 radical (unpaired) electrons. The second kappa shape index (κ2) is 5.60. The van der Waals surface area contributed by atoms with Crippen LogP contribution >= 0.6 is 15.9 Å². The fourth-order valence-electron chi connectivity index (χ4n) is 1.32. The molecule has 0 aliphatic heterocycles. The Morgan fingerprint density at radius 2 is 2.29 bits per heavy atom. The predicted molar refractivity (Wildman–Crippen MR) is 68.3 cm³/mol. The third-order valence-electron chi connectivity index (χ3n) is 2.10. The molecule has 0 saturated carbocycles. The van der Waals surface area contributed by atoms with E-state index in [-0.39, 0.29) is 0 Å². The van der Waals surface area contributed by atoms with E-state index in [1.54, 1.807) is 18.6 Å². The van der Waals surface area contributed by atoms with Gasteiger partial charge in [0.2, 0.25) is 0 Å². The zero-order chi connectivity index (χ0) is 12.1. The van der Waals surface area contributed by atoms with Gasteiger partial charge in [-0.3, -0.25) is 4.98 Å². The SMILES string of the molecule is NNc1ncccc1COc1cncc(Br)c1. The number of rotatable bonds is 4. The average Bonchev–Trinajstić information content (AvgIpc) is 2.37. The summed E-state index contributed by atoms with van der Waals surface area (Å²) in [7, 11) is 0. The molecule has 2 aromatic rings. The zero-order valence-electron chi connectivity index (χ0n) is 8.93. The normalized spacial score (nSPS) is 10.0. The second-order valence-electron chi connectivity index (χ2n) is 3.28. The Balaban J connectivity index is 2.07. The predicted octanol–water partition coefficient (Wildman–Crippen LogP) is 2.10. The smallest absolute Gasteiger partial charge is 0.146 e. The van der Waals surface area contributed by atoms with E-state index in [2.05, 4.69) is 31.3 Å². The molecule has 2 heterocycles. The molecule has 6 heteroatoms. The van der Waals surface area contributed by atoms with Crippen LogP contribution in [0.3, 0.4) is 0 Å². The number of hydrazine groups is 1. The van der Waals surface area contributed by atoms with Gasteiger partial charge in [0.05, 0.1) is 6.20 Å². The molecule has 17 heavy (non-hydrogen) atoms. The number of nitrogens with zero attached hydrogens (tertiary/aromatic N) is 2. The Hall–Kier alpha value is -1.66. The van der Waals surface area contributed by atoms with Crippen molar-refractivity contribution in [3.63, 3.8) is 0 Å². The van der Waals surface area contributed by atoms with Crippen LogP contribution in [0.25, 0.3) is 0 Å². The van der Waals surface area contributed by atoms with E-state index in [4.69, 9.17) is 10.6 Å². The molecule has 0 amide bonds. The monoisotopic (exact) mass is 294 g/mol. The van der Waals surface area contributed by atoms with Crippen LogP contribution in [0.5, 0.6) is 5.75 Å². The summed E-state index contributed by atoms with van der Waals surface area (Å²) < 4.78 is 6.46. The molecule has 0 saturated heterocycles. The van der Waals surface area contributed by atoms with Crippen molar-refractivity contribution in [3.8, 4) is 5.75 Å². The lowest BCUT2D eigenvalue weighted by atomic mass is 10.3. The van der Waals surface area contributed by atoms with Crippen molar-refractivity contribution in [2.24, 2.45) is 5.84 Å². The molecule has 2 rings (SSSR count). The molecule has 5 nitrogen and oxygen atoms in total. The quantitative estimate of drug-likeness (QED) is 0.667. The minimum Gasteiger partial charge on any atom is -0.487 e. The molecule has 88 valence electrons. The molecular formula is C11H11BrN4O. The number of ether oxygens (including phenoxy) is 1. The van der Waals surface area contributed by atoms with Gasteiger partial charge in [0, 0.05) is 22.4 Å². The van der Waals surface area contributed by atoms with Crippen LogP contribution in [-0.4, -0.2) is 9.97 Å². The number of hydrogen-bond acceptors (Lipinski definition) is 5. The maximum Gasteiger partial charge on any atom is 0.146 e. The summed E-state index contributed by atoms with van der Waals surface area (Å²) in [6.07, 6.45) is 5.01. The summed E-state index contributed by atoms with van der Waals surface area (Å²) in [5.41, 5.74) is 3.41. The van der Waals surface area contributed by atoms with Crippen LogP contribution in [0.15, 0.2) is 41.3 Å². The molecule has 2 aromatic heterocycles. The summed E-state index contributed by atoms with van der Waals surface area (Å²) in [5.74, 6) is 6.65. The lowest BCUT2D eigenvalue weighted by molar-refractivity contribution is 0.305. The minimum absolute atomic E-state index is 0.380. The number of aromatic nitrogens is 2. The first-order valence-corrected chi connectivity index (χ1v) is 5.73. The summed E-state index contributed by atoms with van der Waals surface area (Å²) >= 11 is 3.33. The van der Waals surface area contributed by atoms with Gasteiger partial charge in [-0.2, -0.15) is 0 Å². The van der Waals surface area contributed by atoms with Gasteiger partial charge in [-0.1, -0.05) is 6.07 Å². The second-order valence-corrected chi connectivity index (χ2v) is 4.20. The molecule has 3 N–H and O–H groups in total. The van der Waals surface area contributed by atoms with Gasteiger partial charge in [-0.05, 0) is 28.1 Å². The third kappa shape index (κ3) is 3.15. The van der Waals surface area contributed by atoms with Crippen LogP contribution in [-0.2, 0) is 6.61 Å². The fourth-order valence-corrected chi connectivity index (χ4v) is 1.66. The number of nitrogens with one attached hydrogen (secondary N) is 1. The average molecular weight is 295 g/mol. The topological polar surface area (TPSA) is 73.1 Å². The van der Waals surface area contributed by atoms with E-state index in [9.17, 15) is 0 Å². The van der Waals surface area contributed by atoms with E-state index in [0.717, 1.165) is 10.0 Å². The number of pyridine rings is 2. The number of hydrogen-bond donors (Lipinski definition) is 2. The Kier molecular flexibility index (Phi) is 3.89. The zero-order valence-corrected chi connectivity index (χ0v) is 10.5. The van der Waals surface area contributed by atoms with Gasteiger partial charge in [0.15, 0.2) is 0 Å². The van der Waals surface area contributed by atoms with Crippen LogP contribution < -0.4 is 16.0 Å². The molecule has 0 aliphatic carbocycles. The van der Waals surface area contributed by atoms with Crippen LogP contribution in [0.1, 0.15) is 5.56 Å². The van der Waals surface area contributed by atoms with Gasteiger partial charge in [-0.15, -0.1) is 0 Å². The third-order valence-corrected chi connectivity index (χ3v) is 2.54. The molecule has 0 aromatic carbocycles. The van der Waals surface area contributed by atoms with Gasteiger partial charge in [-0.25, -0.2) is 10.8 Å². The lowest BCUT2D eigenvalue weighted by Crippen LogP contribution is -2.12. The van der Waals surface area contributed by atoms with Gasteiger partial charge < -0.3 is 10.2 Å². The number of halogens is 1. The summed E-state index contributed by atoms with van der Waals surface area (Å²) in [6, 6.07) is 5.57. The van der Waals surface area contributed by atoms with Gasteiger partial charge in [0.1, 0.15) is 18.2 Å².